The van der Waals surface area contributed by atoms with E-state index in [-0.39, 0.29) is 30.4 Å². The Bertz CT molecular complexity index is 1190. The molecule has 0 spiro atoms. The van der Waals surface area contributed by atoms with E-state index < -0.39 is 0 Å². The topological polar surface area (TPSA) is 58.6 Å². The Labute approximate surface area is 200 Å². The number of hydrogen-bond acceptors (Lipinski definition) is 3. The van der Waals surface area contributed by atoms with Gasteiger partial charge in [-0.05, 0) is 60.6 Å². The number of aryl methyl sites for hydroxylation is 1. The van der Waals surface area contributed by atoms with Gasteiger partial charge in [0, 0.05) is 19.0 Å². The maximum Gasteiger partial charge on any atom is 0.258 e. The molecule has 1 unspecified atom stereocenters. The number of amides is 2. The van der Waals surface area contributed by atoms with Crippen molar-refractivity contribution in [3.05, 3.63) is 101 Å². The molecule has 0 aromatic heterocycles. The maximum absolute atomic E-state index is 13.2. The number of benzene rings is 3. The average Bonchev–Trinajstić information content (AvgIpc) is 3.71. The van der Waals surface area contributed by atoms with Gasteiger partial charge in [-0.1, -0.05) is 66.2 Å². The number of fused-ring (bicyclic) bond motifs is 1. The van der Waals surface area contributed by atoms with Gasteiger partial charge in [-0.2, -0.15) is 0 Å². The molecule has 2 amide bonds. The molecule has 5 nitrogen and oxygen atoms in total. The van der Waals surface area contributed by atoms with Crippen molar-refractivity contribution >= 4 is 11.8 Å². The van der Waals surface area contributed by atoms with E-state index in [9.17, 15) is 9.59 Å². The van der Waals surface area contributed by atoms with Crippen LogP contribution in [0.15, 0.2) is 72.8 Å². The molecule has 1 aliphatic carbocycles. The van der Waals surface area contributed by atoms with Crippen LogP contribution in [0.3, 0.4) is 0 Å². The molecule has 1 heterocycles. The van der Waals surface area contributed by atoms with Gasteiger partial charge in [-0.15, -0.1) is 0 Å². The van der Waals surface area contributed by atoms with Gasteiger partial charge in [-0.25, -0.2) is 0 Å². The summed E-state index contributed by atoms with van der Waals surface area (Å²) in [6.45, 7) is 3.23. The summed E-state index contributed by atoms with van der Waals surface area (Å²) in [5, 5.41) is 2.90. The van der Waals surface area contributed by atoms with E-state index in [0.29, 0.717) is 12.3 Å². The van der Waals surface area contributed by atoms with E-state index in [2.05, 4.69) is 42.6 Å². The van der Waals surface area contributed by atoms with Crippen LogP contribution >= 0.6 is 0 Å². The zero-order valence-corrected chi connectivity index (χ0v) is 19.5. The van der Waals surface area contributed by atoms with Crippen molar-refractivity contribution in [3.8, 4) is 5.75 Å². The van der Waals surface area contributed by atoms with Gasteiger partial charge >= 0.3 is 0 Å². The lowest BCUT2D eigenvalue weighted by Gasteiger charge is -2.38. The van der Waals surface area contributed by atoms with E-state index in [1.807, 2.05) is 47.4 Å². The number of carbonyl (C=O) groups excluding carboxylic acids is 2. The van der Waals surface area contributed by atoms with Crippen LogP contribution in [0.25, 0.3) is 0 Å². The number of ether oxygens (including phenoxy) is 1. The lowest BCUT2D eigenvalue weighted by Crippen LogP contribution is -2.41. The zero-order valence-electron chi connectivity index (χ0n) is 19.5. The third kappa shape index (κ3) is 4.98. The first-order valence-electron chi connectivity index (χ1n) is 12.0. The summed E-state index contributed by atoms with van der Waals surface area (Å²) < 4.78 is 5.87. The van der Waals surface area contributed by atoms with Crippen molar-refractivity contribution in [2.24, 2.45) is 5.92 Å². The van der Waals surface area contributed by atoms with Crippen LogP contribution in [-0.2, 0) is 22.6 Å². The lowest BCUT2D eigenvalue weighted by atomic mass is 9.87. The first-order valence-corrected chi connectivity index (χ1v) is 12.0. The van der Waals surface area contributed by atoms with Crippen molar-refractivity contribution in [1.29, 1.82) is 0 Å². The van der Waals surface area contributed by atoms with E-state index in [0.717, 1.165) is 42.5 Å². The minimum absolute atomic E-state index is 0.0501. The number of hydrogen-bond donors (Lipinski definition) is 1. The summed E-state index contributed by atoms with van der Waals surface area (Å²) in [4.78, 5) is 27.6. The van der Waals surface area contributed by atoms with Crippen molar-refractivity contribution in [3.63, 3.8) is 0 Å². The number of carbonyl (C=O) groups is 2. The highest BCUT2D eigenvalue weighted by atomic mass is 16.5. The largest absolute Gasteiger partial charge is 0.484 e. The van der Waals surface area contributed by atoms with Crippen LogP contribution in [0, 0.1) is 12.8 Å². The number of rotatable bonds is 7. The second kappa shape index (κ2) is 9.72. The molecule has 0 bridgehead atoms. The first kappa shape index (κ1) is 22.2. The van der Waals surface area contributed by atoms with E-state index >= 15 is 0 Å². The Hall–Kier alpha value is -3.60. The highest BCUT2D eigenvalue weighted by Crippen LogP contribution is 2.41. The zero-order chi connectivity index (χ0) is 23.5. The van der Waals surface area contributed by atoms with Crippen LogP contribution in [0.2, 0.25) is 0 Å². The summed E-state index contributed by atoms with van der Waals surface area (Å²) >= 11 is 0. The van der Waals surface area contributed by atoms with Crippen molar-refractivity contribution < 1.29 is 14.3 Å². The molecule has 1 N–H and O–H groups in total. The van der Waals surface area contributed by atoms with Crippen molar-refractivity contribution in [1.82, 2.24) is 10.2 Å². The molecule has 174 valence electrons. The van der Waals surface area contributed by atoms with Crippen LogP contribution in [-0.4, -0.2) is 29.9 Å². The second-order valence-electron chi connectivity index (χ2n) is 9.28. The van der Waals surface area contributed by atoms with Crippen molar-refractivity contribution in [2.45, 2.75) is 38.8 Å². The smallest absolute Gasteiger partial charge is 0.258 e. The standard InChI is InChI=1S/C29H30N2O3/c1-20-6-5-9-24(16-20)28-26-17-25(34-19-27(32)30-18-21-7-3-2-4-8-21)13-12-22(26)14-15-31(28)29(33)23-10-11-23/h2-9,12-13,16-17,23,28H,10-11,14-15,18-19H2,1H3,(H,30,32). The fourth-order valence-electron chi connectivity index (χ4n) is 4.68. The average molecular weight is 455 g/mol. The van der Waals surface area contributed by atoms with Crippen LogP contribution in [0.5, 0.6) is 5.75 Å². The molecule has 2 aliphatic rings. The monoisotopic (exact) mass is 454 g/mol. The second-order valence-corrected chi connectivity index (χ2v) is 9.28. The molecule has 1 fully saturated rings. The highest BCUT2D eigenvalue weighted by molar-refractivity contribution is 5.82. The van der Waals surface area contributed by atoms with Crippen molar-refractivity contribution in [2.75, 3.05) is 13.2 Å². The quantitative estimate of drug-likeness (QED) is 0.569. The molecule has 5 heteroatoms. The Morgan fingerprint density at radius 3 is 2.59 bits per heavy atom. The Morgan fingerprint density at radius 1 is 1.00 bits per heavy atom. The fraction of sp³-hybridized carbons (Fsp3) is 0.310. The van der Waals surface area contributed by atoms with E-state index in [1.54, 1.807) is 0 Å². The van der Waals surface area contributed by atoms with Gasteiger partial charge in [0.2, 0.25) is 5.91 Å². The predicted molar refractivity (Wildman–Crippen MR) is 131 cm³/mol. The Kier molecular flexibility index (Phi) is 6.35. The minimum Gasteiger partial charge on any atom is -0.484 e. The van der Waals surface area contributed by atoms with Crippen LogP contribution < -0.4 is 10.1 Å². The summed E-state index contributed by atoms with van der Waals surface area (Å²) in [6.07, 6.45) is 2.81. The van der Waals surface area contributed by atoms with E-state index in [4.69, 9.17) is 4.74 Å². The third-order valence-corrected chi connectivity index (χ3v) is 6.62. The SMILES string of the molecule is Cc1cccc(C2c3cc(OCC(=O)NCc4ccccc4)ccc3CCN2C(=O)C2CC2)c1. The van der Waals surface area contributed by atoms with Crippen LogP contribution in [0.4, 0.5) is 0 Å². The number of nitrogens with zero attached hydrogens (tertiary/aromatic N) is 1. The van der Waals surface area contributed by atoms with Crippen LogP contribution in [0.1, 0.15) is 46.7 Å². The molecule has 3 aromatic rings. The summed E-state index contributed by atoms with van der Waals surface area (Å²) in [6, 6.07) is 24.1. The predicted octanol–water partition coefficient (Wildman–Crippen LogP) is 4.57. The van der Waals surface area contributed by atoms with Gasteiger partial charge in [0.05, 0.1) is 6.04 Å². The summed E-state index contributed by atoms with van der Waals surface area (Å²) in [7, 11) is 0. The van der Waals surface area contributed by atoms with Gasteiger partial charge in [-0.3, -0.25) is 9.59 Å². The summed E-state index contributed by atoms with van der Waals surface area (Å²) in [5.41, 5.74) is 5.66. The van der Waals surface area contributed by atoms with Gasteiger partial charge in [0.1, 0.15) is 5.75 Å². The molecular formula is C29H30N2O3. The highest BCUT2D eigenvalue weighted by Gasteiger charge is 2.39. The normalized spacial score (nSPS) is 17.1. The molecule has 34 heavy (non-hydrogen) atoms. The minimum atomic E-state index is -0.164. The molecule has 0 radical (unpaired) electrons. The molecule has 5 rings (SSSR count). The lowest BCUT2D eigenvalue weighted by molar-refractivity contribution is -0.134. The molecule has 3 aromatic carbocycles. The summed E-state index contributed by atoms with van der Waals surface area (Å²) in [5.74, 6) is 0.903. The third-order valence-electron chi connectivity index (χ3n) is 6.62. The first-order chi connectivity index (χ1) is 16.6. The molecule has 0 saturated heterocycles. The molecule has 1 aliphatic heterocycles. The van der Waals surface area contributed by atoms with Gasteiger partial charge in [0.25, 0.3) is 5.91 Å². The fourth-order valence-corrected chi connectivity index (χ4v) is 4.68. The Morgan fingerprint density at radius 2 is 1.82 bits per heavy atom. The molecule has 1 saturated carbocycles. The van der Waals surface area contributed by atoms with Gasteiger partial charge < -0.3 is 15.0 Å². The molecule has 1 atom stereocenters. The molecular weight excluding hydrogens is 424 g/mol. The maximum atomic E-state index is 13.2. The Balaban J connectivity index is 1.34. The van der Waals surface area contributed by atoms with Gasteiger partial charge in [0.15, 0.2) is 6.61 Å². The van der Waals surface area contributed by atoms with E-state index in [1.165, 1.54) is 11.1 Å². The number of nitrogens with one attached hydrogen (secondary N) is 1.